The average Bonchev–Trinajstić information content (AvgIpc) is 3.42. The minimum atomic E-state index is -1.64. The molecule has 10 nitrogen and oxygen atoms in total. The van der Waals surface area contributed by atoms with Crippen molar-refractivity contribution in [3.63, 3.8) is 0 Å². The third-order valence-electron chi connectivity index (χ3n) is 5.42. The molecule has 0 aliphatic carbocycles. The van der Waals surface area contributed by atoms with E-state index in [1.807, 2.05) is 10.9 Å². The first-order valence-electron chi connectivity index (χ1n) is 11.4. The highest BCUT2D eigenvalue weighted by molar-refractivity contribution is 6.30. The first-order chi connectivity index (χ1) is 17.0. The van der Waals surface area contributed by atoms with Crippen LogP contribution in [0.15, 0.2) is 43.2 Å². The zero-order chi connectivity index (χ0) is 26.0. The zero-order valence-corrected chi connectivity index (χ0v) is 21.2. The van der Waals surface area contributed by atoms with Crippen LogP contribution in [-0.4, -0.2) is 58.7 Å². The van der Waals surface area contributed by atoms with Crippen molar-refractivity contribution < 1.29 is 14.3 Å². The van der Waals surface area contributed by atoms with E-state index >= 15 is 0 Å². The van der Waals surface area contributed by atoms with Gasteiger partial charge in [0.1, 0.15) is 6.17 Å². The summed E-state index contributed by atoms with van der Waals surface area (Å²) in [5, 5.41) is 24.7. The molecule has 4 rings (SSSR count). The Morgan fingerprint density at radius 2 is 1.94 bits per heavy atom. The second-order valence-electron chi connectivity index (χ2n) is 9.51. The van der Waals surface area contributed by atoms with Gasteiger partial charge >= 0.3 is 0 Å². The molecule has 0 aliphatic rings. The number of aromatic nitrogens is 6. The maximum atomic E-state index is 14.2. The Labute approximate surface area is 212 Å². The molecule has 4 heterocycles. The summed E-state index contributed by atoms with van der Waals surface area (Å²) in [6.45, 7) is 7.26. The maximum absolute atomic E-state index is 14.2. The molecule has 0 saturated carbocycles. The number of halogens is 2. The molecule has 0 fully saturated rings. The number of pyridine rings is 1. The molecule has 0 bridgehead atoms. The molecule has 4 aromatic rings. The van der Waals surface area contributed by atoms with E-state index in [-0.39, 0.29) is 12.1 Å². The lowest BCUT2D eigenvalue weighted by Crippen LogP contribution is -2.42. The van der Waals surface area contributed by atoms with E-state index < -0.39 is 17.7 Å². The molecule has 36 heavy (non-hydrogen) atoms. The highest BCUT2D eigenvalue weighted by Gasteiger charge is 2.27. The first kappa shape index (κ1) is 25.5. The Morgan fingerprint density at radius 3 is 2.67 bits per heavy atom. The molecule has 0 spiro atoms. The predicted molar refractivity (Wildman–Crippen MR) is 135 cm³/mol. The molecule has 3 N–H and O–H groups in total. The van der Waals surface area contributed by atoms with Crippen molar-refractivity contribution in [1.82, 2.24) is 34.7 Å². The fourth-order valence-corrected chi connectivity index (χ4v) is 3.65. The summed E-state index contributed by atoms with van der Waals surface area (Å²) in [6.07, 6.45) is 8.03. The molecular formula is C24H28ClFN8O2. The van der Waals surface area contributed by atoms with E-state index in [1.54, 1.807) is 29.2 Å². The molecule has 0 aliphatic heterocycles. The molecule has 0 aromatic carbocycles. The molecule has 4 aromatic heterocycles. The van der Waals surface area contributed by atoms with Crippen LogP contribution in [0.1, 0.15) is 38.1 Å². The van der Waals surface area contributed by atoms with Crippen LogP contribution in [0.5, 0.6) is 0 Å². The third kappa shape index (κ3) is 5.80. The highest BCUT2D eigenvalue weighted by atomic mass is 35.5. The van der Waals surface area contributed by atoms with Gasteiger partial charge in [0.2, 0.25) is 0 Å². The van der Waals surface area contributed by atoms with E-state index in [2.05, 4.69) is 44.6 Å². The number of carbonyl (C=O) groups is 1. The molecule has 190 valence electrons. The average molecular weight is 515 g/mol. The Bertz CT molecular complexity index is 1380. The number of aliphatic hydroxyl groups is 1. The van der Waals surface area contributed by atoms with Crippen molar-refractivity contribution in [1.29, 1.82) is 0 Å². The van der Waals surface area contributed by atoms with Crippen LogP contribution in [0.3, 0.4) is 0 Å². The summed E-state index contributed by atoms with van der Waals surface area (Å²) in [5.74, 6) is -0.129. The smallest absolute Gasteiger partial charge is 0.255 e. The number of rotatable bonds is 9. The number of hydrogen-bond donors (Lipinski definition) is 3. The quantitative estimate of drug-likeness (QED) is 0.310. The van der Waals surface area contributed by atoms with Crippen LogP contribution in [0.4, 0.5) is 15.8 Å². The number of alkyl halides is 1. The maximum Gasteiger partial charge on any atom is 0.255 e. The number of carbonyl (C=O) groups excluding carboxylic acids is 1. The minimum Gasteiger partial charge on any atom is -0.387 e. The summed E-state index contributed by atoms with van der Waals surface area (Å²) in [4.78, 5) is 21.8. The van der Waals surface area contributed by atoms with Gasteiger partial charge in [-0.2, -0.15) is 10.2 Å². The van der Waals surface area contributed by atoms with Crippen LogP contribution < -0.4 is 10.6 Å². The largest absolute Gasteiger partial charge is 0.387 e. The summed E-state index contributed by atoms with van der Waals surface area (Å²) >= 11 is 6.01. The Balaban J connectivity index is 1.68. The standard InChI is InChI=1S/C24H28ClFN8O2/c1-14(2)11-33-13-16(7-30-33)32-20-5-19(17-9-31-34-12-15(25)6-28-22(17)34)27-8-18(20)23(35)29-10-21(26)24(3,4)36/h5-9,12-14,21,36H,10-11H2,1-4H3,(H,27,32)(H,29,35). The fourth-order valence-electron chi connectivity index (χ4n) is 3.50. The highest BCUT2D eigenvalue weighted by Crippen LogP contribution is 2.28. The van der Waals surface area contributed by atoms with Gasteiger partial charge in [0, 0.05) is 25.1 Å². The van der Waals surface area contributed by atoms with Gasteiger partial charge in [-0.15, -0.1) is 0 Å². The summed E-state index contributed by atoms with van der Waals surface area (Å²) < 4.78 is 17.6. The Hall–Kier alpha value is -3.57. The van der Waals surface area contributed by atoms with E-state index in [1.165, 1.54) is 26.2 Å². The van der Waals surface area contributed by atoms with Crippen molar-refractivity contribution in [2.24, 2.45) is 5.92 Å². The van der Waals surface area contributed by atoms with Crippen molar-refractivity contribution in [3.8, 4) is 11.3 Å². The van der Waals surface area contributed by atoms with Crippen LogP contribution >= 0.6 is 11.6 Å². The van der Waals surface area contributed by atoms with E-state index in [0.717, 1.165) is 6.54 Å². The SMILES string of the molecule is CC(C)Cn1cc(Nc2cc(-c3cnn4cc(Cl)cnc34)ncc2C(=O)NCC(F)C(C)(C)O)cn1. The number of nitrogens with one attached hydrogen (secondary N) is 2. The Morgan fingerprint density at radius 1 is 1.17 bits per heavy atom. The van der Waals surface area contributed by atoms with Crippen LogP contribution in [-0.2, 0) is 6.54 Å². The molecule has 12 heteroatoms. The van der Waals surface area contributed by atoms with Crippen LogP contribution in [0, 0.1) is 5.92 Å². The van der Waals surface area contributed by atoms with Crippen molar-refractivity contribution in [3.05, 3.63) is 53.8 Å². The van der Waals surface area contributed by atoms with Crippen molar-refractivity contribution in [2.45, 2.75) is 46.0 Å². The molecule has 1 atom stereocenters. The van der Waals surface area contributed by atoms with Gasteiger partial charge in [0.05, 0.1) is 64.0 Å². The van der Waals surface area contributed by atoms with Crippen LogP contribution in [0.25, 0.3) is 16.9 Å². The minimum absolute atomic E-state index is 0.200. The van der Waals surface area contributed by atoms with Gasteiger partial charge in [-0.05, 0) is 25.8 Å². The van der Waals surface area contributed by atoms with Gasteiger partial charge in [-0.25, -0.2) is 13.9 Å². The van der Waals surface area contributed by atoms with Crippen molar-refractivity contribution >= 4 is 34.5 Å². The molecule has 1 unspecified atom stereocenters. The van der Waals surface area contributed by atoms with E-state index in [0.29, 0.717) is 39.2 Å². The second kappa shape index (κ2) is 10.2. The topological polar surface area (TPSA) is 122 Å². The predicted octanol–water partition coefficient (Wildman–Crippen LogP) is 3.88. The normalized spacial score (nSPS) is 12.8. The first-order valence-corrected chi connectivity index (χ1v) is 11.8. The monoisotopic (exact) mass is 514 g/mol. The van der Waals surface area contributed by atoms with Gasteiger partial charge in [0.15, 0.2) is 5.65 Å². The third-order valence-corrected chi connectivity index (χ3v) is 5.62. The second-order valence-corrected chi connectivity index (χ2v) is 9.95. The number of nitrogens with zero attached hydrogens (tertiary/aromatic N) is 6. The molecule has 0 saturated heterocycles. The number of fused-ring (bicyclic) bond motifs is 1. The number of amides is 1. The fraction of sp³-hybridized carbons (Fsp3) is 0.375. The lowest BCUT2D eigenvalue weighted by atomic mass is 10.0. The molecule has 1 amide bonds. The zero-order valence-electron chi connectivity index (χ0n) is 20.4. The lowest BCUT2D eigenvalue weighted by Gasteiger charge is -2.22. The van der Waals surface area contributed by atoms with E-state index in [4.69, 9.17) is 11.6 Å². The summed E-state index contributed by atoms with van der Waals surface area (Å²) in [6, 6.07) is 1.70. The van der Waals surface area contributed by atoms with Gasteiger partial charge in [-0.3, -0.25) is 14.5 Å². The van der Waals surface area contributed by atoms with Gasteiger partial charge in [-0.1, -0.05) is 25.4 Å². The van der Waals surface area contributed by atoms with E-state index in [9.17, 15) is 14.3 Å². The summed E-state index contributed by atoms with van der Waals surface area (Å²) in [7, 11) is 0. The lowest BCUT2D eigenvalue weighted by molar-refractivity contribution is -0.00177. The molecular weight excluding hydrogens is 487 g/mol. The van der Waals surface area contributed by atoms with Crippen molar-refractivity contribution in [2.75, 3.05) is 11.9 Å². The Kier molecular flexibility index (Phi) is 7.23. The van der Waals surface area contributed by atoms with Gasteiger partial charge in [0.25, 0.3) is 5.91 Å². The summed E-state index contributed by atoms with van der Waals surface area (Å²) in [5.41, 5.74) is 1.44. The number of hydrogen-bond acceptors (Lipinski definition) is 7. The number of anilines is 2. The molecule has 0 radical (unpaired) electrons. The van der Waals surface area contributed by atoms with Crippen LogP contribution in [0.2, 0.25) is 5.02 Å². The van der Waals surface area contributed by atoms with Gasteiger partial charge < -0.3 is 15.7 Å².